The van der Waals surface area contributed by atoms with E-state index in [2.05, 4.69) is 20.0 Å². The molecular weight excluding hydrogens is 402 g/mol. The van der Waals surface area contributed by atoms with Gasteiger partial charge in [0.1, 0.15) is 5.56 Å². The van der Waals surface area contributed by atoms with Crippen molar-refractivity contribution in [2.24, 2.45) is 0 Å². The molecule has 0 N–H and O–H groups in total. The van der Waals surface area contributed by atoms with E-state index < -0.39 is 0 Å². The summed E-state index contributed by atoms with van der Waals surface area (Å²) in [6.45, 7) is 2.92. The molecule has 4 heterocycles. The quantitative estimate of drug-likeness (QED) is 0.361. The Morgan fingerprint density at radius 2 is 2.00 bits per heavy atom. The van der Waals surface area contributed by atoms with Crippen molar-refractivity contribution < 1.29 is 0 Å². The van der Waals surface area contributed by atoms with Crippen molar-refractivity contribution in [3.05, 3.63) is 62.5 Å². The summed E-state index contributed by atoms with van der Waals surface area (Å²) in [5, 5.41) is 8.70. The van der Waals surface area contributed by atoms with Crippen LogP contribution < -0.4 is 5.56 Å². The maximum Gasteiger partial charge on any atom is 0.284 e. The maximum atomic E-state index is 13.2. The van der Waals surface area contributed by atoms with Crippen LogP contribution in [0.1, 0.15) is 35.7 Å². The number of rotatable bonds is 4. The highest BCUT2D eigenvalue weighted by atomic mass is 32.2. The Hall–Kier alpha value is -2.45. The first-order valence-electron chi connectivity index (χ1n) is 9.82. The number of aryl methyl sites for hydroxylation is 1. The van der Waals surface area contributed by atoms with Crippen LogP contribution in [0.2, 0.25) is 0 Å². The summed E-state index contributed by atoms with van der Waals surface area (Å²) in [5.41, 5.74) is 3.52. The molecule has 2 aromatic rings. The first kappa shape index (κ1) is 18.6. The minimum atomic E-state index is -0.0731. The molecule has 148 valence electrons. The van der Waals surface area contributed by atoms with E-state index >= 15 is 0 Å². The Morgan fingerprint density at radius 1 is 1.14 bits per heavy atom. The predicted octanol–water partition coefficient (Wildman–Crippen LogP) is 4.32. The van der Waals surface area contributed by atoms with Crippen molar-refractivity contribution >= 4 is 23.1 Å². The van der Waals surface area contributed by atoms with Crippen molar-refractivity contribution in [3.63, 3.8) is 0 Å². The van der Waals surface area contributed by atoms with E-state index in [1.54, 1.807) is 23.1 Å². The minimum absolute atomic E-state index is 0.0731. The van der Waals surface area contributed by atoms with Gasteiger partial charge < -0.3 is 4.57 Å². The largest absolute Gasteiger partial charge is 0.324 e. The van der Waals surface area contributed by atoms with Crippen LogP contribution in [-0.2, 0) is 18.7 Å². The number of nitrogens with zero attached hydrogens (tertiary/aromatic N) is 5. The van der Waals surface area contributed by atoms with Gasteiger partial charge in [0.2, 0.25) is 0 Å². The van der Waals surface area contributed by atoms with Crippen LogP contribution in [-0.4, -0.2) is 24.3 Å². The smallest absolute Gasteiger partial charge is 0.284 e. The highest BCUT2D eigenvalue weighted by Gasteiger charge is 2.27. The molecule has 0 amide bonds. The summed E-state index contributed by atoms with van der Waals surface area (Å²) in [4.78, 5) is 22.6. The zero-order valence-corrected chi connectivity index (χ0v) is 17.8. The monoisotopic (exact) mass is 423 g/mol. The lowest BCUT2D eigenvalue weighted by atomic mass is 10.1. The van der Waals surface area contributed by atoms with Crippen LogP contribution >= 0.6 is 23.1 Å². The number of benzene rings is 1. The van der Waals surface area contributed by atoms with Crippen molar-refractivity contribution in [2.75, 3.05) is 0 Å². The zero-order chi connectivity index (χ0) is 19.8. The fourth-order valence-corrected chi connectivity index (χ4v) is 5.47. The van der Waals surface area contributed by atoms with E-state index in [4.69, 9.17) is 4.98 Å². The SMILES string of the molecule is Cc1nc(CSc2nc3nn(-c4ccccc4)c(=O)c-3c3n2CCCCC3)cs1. The molecule has 0 bridgehead atoms. The van der Waals surface area contributed by atoms with Crippen LogP contribution in [0.3, 0.4) is 0 Å². The van der Waals surface area contributed by atoms with E-state index in [1.807, 2.05) is 37.3 Å². The lowest BCUT2D eigenvalue weighted by Gasteiger charge is -2.17. The number of fused-ring (bicyclic) bond motifs is 3. The second-order valence-electron chi connectivity index (χ2n) is 7.20. The number of hydrogen-bond acceptors (Lipinski definition) is 6. The van der Waals surface area contributed by atoms with Gasteiger partial charge in [-0.3, -0.25) is 4.79 Å². The van der Waals surface area contributed by atoms with Crippen LogP contribution in [0.15, 0.2) is 45.7 Å². The summed E-state index contributed by atoms with van der Waals surface area (Å²) in [6, 6.07) is 9.58. The normalized spacial score (nSPS) is 14.1. The summed E-state index contributed by atoms with van der Waals surface area (Å²) >= 11 is 3.35. The molecule has 0 aliphatic carbocycles. The average molecular weight is 424 g/mol. The van der Waals surface area contributed by atoms with E-state index in [0.29, 0.717) is 11.4 Å². The van der Waals surface area contributed by atoms with Gasteiger partial charge in [0.05, 0.1) is 16.4 Å². The molecule has 0 saturated carbocycles. The second kappa shape index (κ2) is 7.76. The van der Waals surface area contributed by atoms with Crippen LogP contribution in [0.4, 0.5) is 0 Å². The van der Waals surface area contributed by atoms with Gasteiger partial charge in [0, 0.05) is 23.4 Å². The number of thiazole rings is 1. The lowest BCUT2D eigenvalue weighted by molar-refractivity contribution is 0.571. The highest BCUT2D eigenvalue weighted by Crippen LogP contribution is 2.31. The molecule has 0 atom stereocenters. The fourth-order valence-electron chi connectivity index (χ4n) is 3.82. The van der Waals surface area contributed by atoms with Gasteiger partial charge >= 0.3 is 0 Å². The first-order valence-corrected chi connectivity index (χ1v) is 11.7. The second-order valence-corrected chi connectivity index (χ2v) is 9.21. The van der Waals surface area contributed by atoms with Gasteiger partial charge in [-0.1, -0.05) is 36.4 Å². The molecule has 0 saturated heterocycles. The summed E-state index contributed by atoms with van der Waals surface area (Å²) < 4.78 is 3.74. The minimum Gasteiger partial charge on any atom is -0.324 e. The fraction of sp³-hybridized carbons (Fsp3) is 0.333. The van der Waals surface area contributed by atoms with Gasteiger partial charge in [-0.2, -0.15) is 4.68 Å². The summed E-state index contributed by atoms with van der Waals surface area (Å²) in [5.74, 6) is 1.32. The molecule has 1 aromatic carbocycles. The lowest BCUT2D eigenvalue weighted by Crippen LogP contribution is -2.19. The summed E-state index contributed by atoms with van der Waals surface area (Å²) in [7, 11) is 0. The number of hydrogen-bond donors (Lipinski definition) is 0. The van der Waals surface area contributed by atoms with E-state index in [-0.39, 0.29) is 5.56 Å². The van der Waals surface area contributed by atoms with Gasteiger partial charge in [-0.05, 0) is 38.3 Å². The van der Waals surface area contributed by atoms with E-state index in [0.717, 1.165) is 58.8 Å². The van der Waals surface area contributed by atoms with E-state index in [1.165, 1.54) is 11.1 Å². The molecule has 3 aliphatic heterocycles. The standard InChI is InChI=1S/C21H21N5OS2/c1-14-22-15(12-28-14)13-29-21-23-19-18(17-10-6-3-7-11-25(17)21)20(27)26(24-19)16-8-4-2-5-9-16/h2,4-5,8-9,12H,3,6-7,10-11,13H2,1H3. The van der Waals surface area contributed by atoms with Crippen molar-refractivity contribution in [3.8, 4) is 17.1 Å². The molecule has 29 heavy (non-hydrogen) atoms. The van der Waals surface area contributed by atoms with Crippen molar-refractivity contribution in [1.29, 1.82) is 0 Å². The molecule has 0 fully saturated rings. The Kier molecular flexibility index (Phi) is 4.97. The molecule has 0 spiro atoms. The van der Waals surface area contributed by atoms with Crippen LogP contribution in [0.25, 0.3) is 17.1 Å². The first-order chi connectivity index (χ1) is 14.2. The highest BCUT2D eigenvalue weighted by molar-refractivity contribution is 7.98. The molecule has 6 nitrogen and oxygen atoms in total. The maximum absolute atomic E-state index is 13.2. The predicted molar refractivity (Wildman–Crippen MR) is 116 cm³/mol. The van der Waals surface area contributed by atoms with Crippen LogP contribution in [0.5, 0.6) is 0 Å². The Balaban J connectivity index is 1.63. The molecule has 1 aromatic heterocycles. The Labute approximate surface area is 177 Å². The van der Waals surface area contributed by atoms with Crippen LogP contribution in [0, 0.1) is 6.92 Å². The molecular formula is C21H21N5OS2. The van der Waals surface area contributed by atoms with Gasteiger partial charge in [-0.15, -0.1) is 16.4 Å². The molecule has 5 rings (SSSR count). The topological polar surface area (TPSA) is 65.6 Å². The van der Waals surface area contributed by atoms with Gasteiger partial charge in [0.15, 0.2) is 11.0 Å². The molecule has 8 heteroatoms. The molecule has 0 radical (unpaired) electrons. The van der Waals surface area contributed by atoms with Crippen molar-refractivity contribution in [1.82, 2.24) is 24.3 Å². The van der Waals surface area contributed by atoms with E-state index in [9.17, 15) is 4.79 Å². The molecule has 0 unspecified atom stereocenters. The number of aromatic nitrogens is 5. The van der Waals surface area contributed by atoms with Gasteiger partial charge in [0.25, 0.3) is 5.56 Å². The summed E-state index contributed by atoms with van der Waals surface area (Å²) in [6.07, 6.45) is 4.25. The van der Waals surface area contributed by atoms with Gasteiger partial charge in [-0.25, -0.2) is 9.97 Å². The Bertz CT molecular complexity index is 1180. The third-order valence-corrected chi connectivity index (χ3v) is 7.02. The molecule has 3 aliphatic rings. The van der Waals surface area contributed by atoms with Crippen molar-refractivity contribution in [2.45, 2.75) is 50.1 Å². The number of thioether (sulfide) groups is 1. The Morgan fingerprint density at radius 3 is 2.79 bits per heavy atom. The number of para-hydroxylation sites is 1. The zero-order valence-electron chi connectivity index (χ0n) is 16.2. The third-order valence-electron chi connectivity index (χ3n) is 5.18. The third kappa shape index (κ3) is 3.51. The average Bonchev–Trinajstić information content (AvgIpc) is 3.20.